The van der Waals surface area contributed by atoms with E-state index in [9.17, 15) is 24.0 Å². The second-order valence-electron chi connectivity index (χ2n) is 17.7. The van der Waals surface area contributed by atoms with E-state index in [0.717, 1.165) is 12.0 Å². The quantitative estimate of drug-likeness (QED) is 0.252. The topological polar surface area (TPSA) is 150 Å². The number of aliphatic imine (C=N–C) groups is 2. The third kappa shape index (κ3) is 10.9. The molecule has 2 atom stereocenters. The first kappa shape index (κ1) is 45.5. The maximum absolute atomic E-state index is 13.7. The van der Waals surface area contributed by atoms with Crippen molar-refractivity contribution in [3.05, 3.63) is 104 Å². The van der Waals surface area contributed by atoms with Crippen molar-refractivity contribution in [2.75, 3.05) is 32.7 Å². The number of halogens is 3. The Balaban J connectivity index is 0.000000218. The zero-order valence-electron chi connectivity index (χ0n) is 35.4. The number of ether oxygens (including phenoxy) is 2. The number of hydrogen-bond donors (Lipinski definition) is 1. The highest BCUT2D eigenvalue weighted by Crippen LogP contribution is 2.37. The number of amides is 4. The molecule has 2 spiro atoms. The number of benzene rings is 3. The molecule has 13 nitrogen and oxygen atoms in total. The van der Waals surface area contributed by atoms with Gasteiger partial charge in [0.1, 0.15) is 22.6 Å². The first-order chi connectivity index (χ1) is 28.6. The lowest BCUT2D eigenvalue weighted by atomic mass is 9.96. The Morgan fingerprint density at radius 1 is 0.721 bits per heavy atom. The number of hydrogen-bond acceptors (Lipinski definition) is 9. The first-order valence-corrected chi connectivity index (χ1v) is 21.3. The van der Waals surface area contributed by atoms with Gasteiger partial charge in [-0.3, -0.25) is 14.4 Å². The van der Waals surface area contributed by atoms with Crippen LogP contribution in [0.1, 0.15) is 94.3 Å². The van der Waals surface area contributed by atoms with Gasteiger partial charge in [-0.1, -0.05) is 59.1 Å². The smallest absolute Gasteiger partial charge is 0.410 e. The molecule has 0 radical (unpaired) electrons. The fourth-order valence-electron chi connectivity index (χ4n) is 7.59. The molecule has 4 aliphatic heterocycles. The van der Waals surface area contributed by atoms with Gasteiger partial charge in [0, 0.05) is 44.8 Å². The molecule has 1 N–H and O–H groups in total. The molecule has 4 heterocycles. The number of aryl methyl sites for hydroxylation is 1. The van der Waals surface area contributed by atoms with Crippen molar-refractivity contribution in [2.24, 2.45) is 9.98 Å². The number of likely N-dealkylation sites (tertiary alicyclic amines) is 2. The molecule has 2 fully saturated rings. The van der Waals surface area contributed by atoms with Crippen molar-refractivity contribution in [1.82, 2.24) is 20.0 Å². The van der Waals surface area contributed by atoms with Crippen LogP contribution in [0.4, 0.5) is 9.59 Å². The van der Waals surface area contributed by atoms with E-state index in [1.807, 2.05) is 27.7 Å². The van der Waals surface area contributed by atoms with Crippen LogP contribution in [0.15, 0.2) is 76.7 Å². The van der Waals surface area contributed by atoms with Crippen LogP contribution in [0, 0.1) is 6.92 Å². The standard InChI is InChI=1S/C27H29Cl2N3O4.C18H22ClN3O3/c1-17-14-19(8-11-21(17)29)22(33)15-32-24(34)23(18-6-9-20(28)10-7-18)30-27(32)12-5-13-31(16-27)25(35)36-26(2,3)4;1-17(2,3)25-16(24)22-10-4-9-18(11-22)20-14(15(23)21-18)12-5-7-13(19)8-6-12/h6-11,14H,5,12-13,15-16H2,1-4H3;5-8H,4,9-11H2,1-3H3,(H,21,23). The minimum Gasteiger partial charge on any atom is -0.444 e. The van der Waals surface area contributed by atoms with Crippen LogP contribution in [0.25, 0.3) is 0 Å². The van der Waals surface area contributed by atoms with E-state index in [-0.39, 0.29) is 42.5 Å². The lowest BCUT2D eigenvalue weighted by molar-refractivity contribution is -0.129. The molecule has 0 aromatic heterocycles. The largest absolute Gasteiger partial charge is 0.444 e. The highest BCUT2D eigenvalue weighted by atomic mass is 35.5. The van der Waals surface area contributed by atoms with Gasteiger partial charge in [0.25, 0.3) is 11.8 Å². The molecule has 2 saturated heterocycles. The molecule has 7 rings (SSSR count). The molecular weight excluding hydrogens is 843 g/mol. The Morgan fingerprint density at radius 2 is 1.25 bits per heavy atom. The molecule has 3 aromatic rings. The summed E-state index contributed by atoms with van der Waals surface area (Å²) < 4.78 is 11.0. The van der Waals surface area contributed by atoms with E-state index in [0.29, 0.717) is 76.4 Å². The van der Waals surface area contributed by atoms with Gasteiger partial charge in [-0.05, 0) is 122 Å². The number of piperidine rings is 2. The van der Waals surface area contributed by atoms with Gasteiger partial charge in [-0.25, -0.2) is 19.6 Å². The highest BCUT2D eigenvalue weighted by Gasteiger charge is 2.51. The van der Waals surface area contributed by atoms with E-state index < -0.39 is 28.6 Å². The lowest BCUT2D eigenvalue weighted by Crippen LogP contribution is -2.59. The number of nitrogens with zero attached hydrogens (tertiary/aromatic N) is 5. The van der Waals surface area contributed by atoms with Gasteiger partial charge < -0.3 is 29.5 Å². The van der Waals surface area contributed by atoms with Gasteiger partial charge in [0.2, 0.25) is 0 Å². The number of nitrogens with one attached hydrogen (secondary N) is 1. The summed E-state index contributed by atoms with van der Waals surface area (Å²) in [6.45, 7) is 14.1. The number of Topliss-reactive ketones (excluding diaryl/α,β-unsaturated/α-hetero) is 1. The predicted molar refractivity (Wildman–Crippen MR) is 236 cm³/mol. The van der Waals surface area contributed by atoms with Crippen LogP contribution in [-0.4, -0.2) is 111 Å². The molecule has 4 aliphatic rings. The van der Waals surface area contributed by atoms with Crippen molar-refractivity contribution in [2.45, 2.75) is 96.7 Å². The number of carbonyl (C=O) groups excluding carboxylic acids is 5. The van der Waals surface area contributed by atoms with Gasteiger partial charge in [-0.2, -0.15) is 0 Å². The summed E-state index contributed by atoms with van der Waals surface area (Å²) in [6.07, 6.45) is 1.71. The van der Waals surface area contributed by atoms with E-state index in [4.69, 9.17) is 49.3 Å². The number of rotatable bonds is 5. The van der Waals surface area contributed by atoms with Crippen molar-refractivity contribution < 1.29 is 33.4 Å². The van der Waals surface area contributed by atoms with Crippen LogP contribution in [0.2, 0.25) is 15.1 Å². The molecule has 2 unspecified atom stereocenters. The Kier molecular flexibility index (Phi) is 13.3. The van der Waals surface area contributed by atoms with Crippen LogP contribution < -0.4 is 5.32 Å². The second-order valence-corrected chi connectivity index (χ2v) is 19.0. The third-order valence-corrected chi connectivity index (χ3v) is 11.3. The zero-order chi connectivity index (χ0) is 44.5. The first-order valence-electron chi connectivity index (χ1n) is 20.2. The SMILES string of the molecule is CC(C)(C)OC(=O)N1CCCC2(C1)N=C(c1ccc(Cl)cc1)C(=O)N2.Cc1cc(C(=O)CN2C(=O)C(c3ccc(Cl)cc3)=NC23CCCN(C(=O)OC(C)(C)C)C3)ccc1Cl. The molecule has 0 aliphatic carbocycles. The minimum absolute atomic E-state index is 0.137. The van der Waals surface area contributed by atoms with Gasteiger partial charge in [0.05, 0.1) is 19.6 Å². The Morgan fingerprint density at radius 3 is 1.79 bits per heavy atom. The van der Waals surface area contributed by atoms with Gasteiger partial charge in [0.15, 0.2) is 17.1 Å². The fourth-order valence-corrected chi connectivity index (χ4v) is 7.96. The molecule has 324 valence electrons. The molecular formula is C45H51Cl3N6O7. The van der Waals surface area contributed by atoms with Crippen LogP contribution >= 0.6 is 34.8 Å². The lowest BCUT2D eigenvalue weighted by Gasteiger charge is -2.43. The molecule has 16 heteroatoms. The van der Waals surface area contributed by atoms with Crippen LogP contribution in [0.5, 0.6) is 0 Å². The Labute approximate surface area is 371 Å². The maximum atomic E-state index is 13.7. The maximum Gasteiger partial charge on any atom is 0.410 e. The summed E-state index contributed by atoms with van der Waals surface area (Å²) in [5.41, 5.74) is 0.117. The van der Waals surface area contributed by atoms with E-state index in [2.05, 4.69) is 10.3 Å². The third-order valence-electron chi connectivity index (χ3n) is 10.4. The molecule has 0 saturated carbocycles. The van der Waals surface area contributed by atoms with E-state index in [1.54, 1.807) is 97.3 Å². The van der Waals surface area contributed by atoms with Gasteiger partial charge in [-0.15, -0.1) is 0 Å². The van der Waals surface area contributed by atoms with E-state index >= 15 is 0 Å². The van der Waals surface area contributed by atoms with E-state index in [1.165, 1.54) is 4.90 Å². The summed E-state index contributed by atoms with van der Waals surface area (Å²) >= 11 is 18.1. The zero-order valence-corrected chi connectivity index (χ0v) is 37.7. The van der Waals surface area contributed by atoms with Crippen LogP contribution in [0.3, 0.4) is 0 Å². The minimum atomic E-state index is -1.07. The molecule has 0 bridgehead atoms. The summed E-state index contributed by atoms with van der Waals surface area (Å²) in [6, 6.07) is 18.9. The predicted octanol–water partition coefficient (Wildman–Crippen LogP) is 8.53. The highest BCUT2D eigenvalue weighted by molar-refractivity contribution is 6.47. The summed E-state index contributed by atoms with van der Waals surface area (Å²) in [7, 11) is 0. The summed E-state index contributed by atoms with van der Waals surface area (Å²) in [4.78, 5) is 78.9. The molecule has 61 heavy (non-hydrogen) atoms. The normalized spacial score (nSPS) is 21.4. The molecule has 3 aromatic carbocycles. The van der Waals surface area contributed by atoms with Crippen molar-refractivity contribution in [3.63, 3.8) is 0 Å². The number of ketones is 1. The summed E-state index contributed by atoms with van der Waals surface area (Å²) in [5.74, 6) is -0.819. The monoisotopic (exact) mass is 892 g/mol. The Bertz CT molecular complexity index is 2270. The average molecular weight is 894 g/mol. The summed E-state index contributed by atoms with van der Waals surface area (Å²) in [5, 5.41) is 4.66. The second kappa shape index (κ2) is 17.8. The number of carbonyl (C=O) groups is 5. The van der Waals surface area contributed by atoms with Crippen molar-refractivity contribution in [1.29, 1.82) is 0 Å². The average Bonchev–Trinajstić information content (AvgIpc) is 3.63. The van der Waals surface area contributed by atoms with Gasteiger partial charge >= 0.3 is 12.2 Å². The molecule has 4 amide bonds. The van der Waals surface area contributed by atoms with Crippen molar-refractivity contribution in [3.8, 4) is 0 Å². The van der Waals surface area contributed by atoms with Crippen molar-refractivity contribution >= 4 is 76.0 Å². The Hall–Kier alpha value is -4.98. The fraction of sp³-hybridized carbons (Fsp3) is 0.444. The van der Waals surface area contributed by atoms with Crippen LogP contribution in [-0.2, 0) is 19.1 Å².